The third-order valence-electron chi connectivity index (χ3n) is 6.23. The van der Waals surface area contributed by atoms with Crippen molar-refractivity contribution in [1.82, 2.24) is 4.57 Å². The van der Waals surface area contributed by atoms with Gasteiger partial charge in [0.25, 0.3) is 0 Å². The Labute approximate surface area is 197 Å². The lowest BCUT2D eigenvalue weighted by Crippen LogP contribution is -2.28. The maximum atomic E-state index is 12.8. The van der Waals surface area contributed by atoms with Gasteiger partial charge in [0.15, 0.2) is 6.61 Å². The van der Waals surface area contributed by atoms with Crippen molar-refractivity contribution in [3.63, 3.8) is 0 Å². The fourth-order valence-electron chi connectivity index (χ4n) is 4.21. The van der Waals surface area contributed by atoms with E-state index in [4.69, 9.17) is 4.74 Å². The Morgan fingerprint density at radius 1 is 0.824 bits per heavy atom. The average molecular weight is 459 g/mol. The highest BCUT2D eigenvalue weighted by Crippen LogP contribution is 2.24. The molecule has 0 spiro atoms. The molecule has 1 aliphatic heterocycles. The molecule has 0 radical (unpaired) electrons. The van der Waals surface area contributed by atoms with Gasteiger partial charge in [-0.15, -0.1) is 0 Å². The van der Waals surface area contributed by atoms with Gasteiger partial charge in [0.1, 0.15) is 0 Å². The van der Waals surface area contributed by atoms with Crippen LogP contribution in [0.4, 0.5) is 5.69 Å². The minimum Gasteiger partial charge on any atom is -0.454 e. The Morgan fingerprint density at radius 2 is 1.44 bits per heavy atom. The molecule has 1 fully saturated rings. The predicted octanol–water partition coefficient (Wildman–Crippen LogP) is 4.40. The molecular weight excluding hydrogens is 432 g/mol. The van der Waals surface area contributed by atoms with Gasteiger partial charge in [0, 0.05) is 35.5 Å². The number of anilines is 1. The first-order valence-electron chi connectivity index (χ1n) is 11.1. The number of imide groups is 1. The number of esters is 1. The van der Waals surface area contributed by atoms with Crippen LogP contribution in [0.3, 0.4) is 0 Å². The molecule has 1 aromatic heterocycles. The SMILES string of the molecule is Cc1ccc(-n2c(C)cc(C(=O)COC(=O)c3ccc(N4C(=O)CCC4=O)cc3)c2C)cc1C. The number of nitrogens with zero attached hydrogens (tertiary/aromatic N) is 2. The van der Waals surface area contributed by atoms with Crippen molar-refractivity contribution in [2.75, 3.05) is 11.5 Å². The molecule has 174 valence electrons. The predicted molar refractivity (Wildman–Crippen MR) is 127 cm³/mol. The molecule has 1 saturated heterocycles. The van der Waals surface area contributed by atoms with Crippen molar-refractivity contribution < 1.29 is 23.9 Å². The topological polar surface area (TPSA) is 85.7 Å². The molecule has 34 heavy (non-hydrogen) atoms. The van der Waals surface area contributed by atoms with E-state index in [0.717, 1.165) is 27.5 Å². The molecule has 2 heterocycles. The Kier molecular flexibility index (Phi) is 6.20. The van der Waals surface area contributed by atoms with Crippen molar-refractivity contribution in [3.05, 3.63) is 82.2 Å². The van der Waals surface area contributed by atoms with Gasteiger partial charge in [-0.3, -0.25) is 19.3 Å². The number of hydrogen-bond acceptors (Lipinski definition) is 5. The van der Waals surface area contributed by atoms with Crippen molar-refractivity contribution in [2.45, 2.75) is 40.5 Å². The maximum absolute atomic E-state index is 12.8. The lowest BCUT2D eigenvalue weighted by atomic mass is 10.1. The minimum atomic E-state index is -0.651. The summed E-state index contributed by atoms with van der Waals surface area (Å²) in [6.07, 6.45) is 0.379. The lowest BCUT2D eigenvalue weighted by molar-refractivity contribution is -0.121. The van der Waals surface area contributed by atoms with Crippen LogP contribution >= 0.6 is 0 Å². The number of benzene rings is 2. The van der Waals surface area contributed by atoms with Gasteiger partial charge in [0.05, 0.1) is 11.3 Å². The fraction of sp³-hybridized carbons (Fsp3) is 0.259. The molecule has 0 bridgehead atoms. The second kappa shape index (κ2) is 9.09. The number of amides is 2. The molecule has 4 rings (SSSR count). The van der Waals surface area contributed by atoms with Crippen LogP contribution in [-0.2, 0) is 14.3 Å². The Morgan fingerprint density at radius 3 is 2.06 bits per heavy atom. The summed E-state index contributed by atoms with van der Waals surface area (Å²) in [5.74, 6) is -1.46. The highest BCUT2D eigenvalue weighted by Gasteiger charge is 2.30. The molecule has 1 aliphatic rings. The van der Waals surface area contributed by atoms with Crippen LogP contribution < -0.4 is 4.90 Å². The van der Waals surface area contributed by atoms with Gasteiger partial charge in [-0.05, 0) is 81.3 Å². The van der Waals surface area contributed by atoms with E-state index in [0.29, 0.717) is 11.3 Å². The van der Waals surface area contributed by atoms with Crippen LogP contribution in [0.5, 0.6) is 0 Å². The number of Topliss-reactive ketones (excluding diaryl/α,β-unsaturated/α-hetero) is 1. The molecule has 3 aromatic rings. The Bertz CT molecular complexity index is 1300. The van der Waals surface area contributed by atoms with E-state index in [2.05, 4.69) is 13.0 Å². The van der Waals surface area contributed by atoms with E-state index in [1.54, 1.807) is 6.07 Å². The fourth-order valence-corrected chi connectivity index (χ4v) is 4.21. The van der Waals surface area contributed by atoms with Crippen LogP contribution in [0, 0.1) is 27.7 Å². The number of carbonyl (C=O) groups excluding carboxylic acids is 4. The molecular formula is C27H26N2O5. The third-order valence-corrected chi connectivity index (χ3v) is 6.23. The largest absolute Gasteiger partial charge is 0.454 e. The zero-order valence-electron chi connectivity index (χ0n) is 19.7. The normalized spacial score (nSPS) is 13.5. The number of ether oxygens (including phenoxy) is 1. The summed E-state index contributed by atoms with van der Waals surface area (Å²) in [4.78, 5) is 50.2. The lowest BCUT2D eigenvalue weighted by Gasteiger charge is -2.14. The van der Waals surface area contributed by atoms with Gasteiger partial charge in [-0.25, -0.2) is 4.79 Å². The molecule has 7 nitrogen and oxygen atoms in total. The Balaban J connectivity index is 1.45. The molecule has 2 amide bonds. The van der Waals surface area contributed by atoms with Crippen LogP contribution in [0.2, 0.25) is 0 Å². The molecule has 0 aliphatic carbocycles. The summed E-state index contributed by atoms with van der Waals surface area (Å²) in [5.41, 5.74) is 6.18. The number of carbonyl (C=O) groups is 4. The minimum absolute atomic E-state index is 0.189. The first-order valence-corrected chi connectivity index (χ1v) is 11.1. The number of aryl methyl sites for hydroxylation is 3. The average Bonchev–Trinajstić information content (AvgIpc) is 3.31. The van der Waals surface area contributed by atoms with Crippen molar-refractivity contribution >= 4 is 29.3 Å². The molecule has 0 saturated carbocycles. The molecule has 0 atom stereocenters. The van der Waals surface area contributed by atoms with Crippen LogP contribution in [0.15, 0.2) is 48.5 Å². The van der Waals surface area contributed by atoms with Crippen LogP contribution in [-0.4, -0.2) is 34.7 Å². The van der Waals surface area contributed by atoms with Crippen LogP contribution in [0.25, 0.3) is 5.69 Å². The number of hydrogen-bond donors (Lipinski definition) is 0. The summed E-state index contributed by atoms with van der Waals surface area (Å²) < 4.78 is 7.27. The van der Waals surface area contributed by atoms with Gasteiger partial charge >= 0.3 is 5.97 Å². The van der Waals surface area contributed by atoms with E-state index < -0.39 is 5.97 Å². The van der Waals surface area contributed by atoms with E-state index in [1.165, 1.54) is 29.8 Å². The zero-order valence-corrected chi connectivity index (χ0v) is 19.7. The van der Waals surface area contributed by atoms with E-state index in [1.807, 2.05) is 37.5 Å². The zero-order chi connectivity index (χ0) is 24.6. The van der Waals surface area contributed by atoms with E-state index in [-0.39, 0.29) is 42.6 Å². The molecule has 0 N–H and O–H groups in total. The number of ketones is 1. The van der Waals surface area contributed by atoms with Gasteiger partial charge in [-0.1, -0.05) is 6.07 Å². The first-order chi connectivity index (χ1) is 16.2. The summed E-state index contributed by atoms with van der Waals surface area (Å²) in [5, 5.41) is 0. The number of rotatable bonds is 6. The van der Waals surface area contributed by atoms with Crippen molar-refractivity contribution in [1.29, 1.82) is 0 Å². The van der Waals surface area contributed by atoms with Crippen molar-refractivity contribution in [2.24, 2.45) is 0 Å². The Hall–Kier alpha value is -4.00. The smallest absolute Gasteiger partial charge is 0.338 e. The van der Waals surface area contributed by atoms with E-state index in [9.17, 15) is 19.2 Å². The standard InChI is InChI=1S/C27H26N2O5/c1-16-5-8-22(13-17(16)2)28-18(3)14-23(19(28)4)24(30)15-34-27(33)20-6-9-21(10-7-20)29-25(31)11-12-26(29)32/h5-10,13-14H,11-12,15H2,1-4H3. The maximum Gasteiger partial charge on any atom is 0.338 e. The van der Waals surface area contributed by atoms with Gasteiger partial charge < -0.3 is 9.30 Å². The summed E-state index contributed by atoms with van der Waals surface area (Å²) in [7, 11) is 0. The first kappa shape index (κ1) is 23.2. The quantitative estimate of drug-likeness (QED) is 0.310. The van der Waals surface area contributed by atoms with E-state index >= 15 is 0 Å². The summed E-state index contributed by atoms with van der Waals surface area (Å²) >= 11 is 0. The van der Waals surface area contributed by atoms with Gasteiger partial charge in [0.2, 0.25) is 17.6 Å². The molecule has 7 heteroatoms. The van der Waals surface area contributed by atoms with Crippen molar-refractivity contribution in [3.8, 4) is 5.69 Å². The highest BCUT2D eigenvalue weighted by molar-refractivity contribution is 6.19. The third kappa shape index (κ3) is 4.29. The number of aromatic nitrogens is 1. The van der Waals surface area contributed by atoms with Gasteiger partial charge in [-0.2, -0.15) is 0 Å². The van der Waals surface area contributed by atoms with Crippen LogP contribution in [0.1, 0.15) is 56.1 Å². The summed E-state index contributed by atoms with van der Waals surface area (Å²) in [6, 6.07) is 14.0. The molecule has 0 unspecified atom stereocenters. The second-order valence-electron chi connectivity index (χ2n) is 8.56. The second-order valence-corrected chi connectivity index (χ2v) is 8.56. The monoisotopic (exact) mass is 458 g/mol. The molecule has 2 aromatic carbocycles. The highest BCUT2D eigenvalue weighted by atomic mass is 16.5. The summed E-state index contributed by atoms with van der Waals surface area (Å²) in [6.45, 7) is 7.52.